The van der Waals surface area contributed by atoms with Crippen molar-refractivity contribution < 1.29 is 0 Å². The lowest BCUT2D eigenvalue weighted by Gasteiger charge is -2.35. The van der Waals surface area contributed by atoms with Crippen LogP contribution in [0.4, 0.5) is 11.4 Å². The predicted molar refractivity (Wildman–Crippen MR) is 93.1 cm³/mol. The SMILES string of the molecule is CC1Cc2ccccc2N(c2ccc(C(C)N)cc2Br)C1. The van der Waals surface area contributed by atoms with Crippen LogP contribution in [0.1, 0.15) is 31.0 Å². The number of rotatable bonds is 2. The third-order valence-corrected chi connectivity index (χ3v) is 4.77. The molecule has 2 aromatic rings. The highest BCUT2D eigenvalue weighted by atomic mass is 79.9. The molecule has 2 atom stereocenters. The molecule has 3 heteroatoms. The molecule has 0 spiro atoms. The third-order valence-electron chi connectivity index (χ3n) is 4.13. The lowest BCUT2D eigenvalue weighted by atomic mass is 9.93. The van der Waals surface area contributed by atoms with Crippen molar-refractivity contribution in [1.82, 2.24) is 0 Å². The van der Waals surface area contributed by atoms with Crippen molar-refractivity contribution in [2.75, 3.05) is 11.4 Å². The zero-order valence-corrected chi connectivity index (χ0v) is 14.1. The molecule has 0 saturated heterocycles. The van der Waals surface area contributed by atoms with E-state index < -0.39 is 0 Å². The first-order chi connectivity index (χ1) is 10.1. The molecule has 2 unspecified atom stereocenters. The van der Waals surface area contributed by atoms with Crippen molar-refractivity contribution >= 4 is 27.3 Å². The monoisotopic (exact) mass is 344 g/mol. The molecule has 0 aliphatic carbocycles. The minimum Gasteiger partial charge on any atom is -0.340 e. The summed E-state index contributed by atoms with van der Waals surface area (Å²) < 4.78 is 1.11. The van der Waals surface area contributed by atoms with E-state index in [0.29, 0.717) is 5.92 Å². The maximum atomic E-state index is 5.98. The van der Waals surface area contributed by atoms with Crippen LogP contribution in [-0.2, 0) is 6.42 Å². The molecule has 110 valence electrons. The van der Waals surface area contributed by atoms with Crippen molar-refractivity contribution in [3.05, 3.63) is 58.1 Å². The Labute approximate surface area is 135 Å². The molecular formula is C18H21BrN2. The number of nitrogens with two attached hydrogens (primary N) is 1. The van der Waals surface area contributed by atoms with Crippen LogP contribution in [-0.4, -0.2) is 6.54 Å². The maximum Gasteiger partial charge on any atom is 0.0555 e. The Balaban J connectivity index is 2.04. The number of para-hydroxylation sites is 1. The predicted octanol–water partition coefficient (Wildman–Crippen LogP) is 4.80. The van der Waals surface area contributed by atoms with Crippen LogP contribution in [0, 0.1) is 5.92 Å². The first-order valence-corrected chi connectivity index (χ1v) is 8.26. The van der Waals surface area contributed by atoms with E-state index in [9.17, 15) is 0 Å². The largest absolute Gasteiger partial charge is 0.340 e. The third kappa shape index (κ3) is 2.85. The van der Waals surface area contributed by atoms with E-state index in [4.69, 9.17) is 5.73 Å². The number of hydrogen-bond acceptors (Lipinski definition) is 2. The molecule has 0 bridgehead atoms. The van der Waals surface area contributed by atoms with Gasteiger partial charge >= 0.3 is 0 Å². The van der Waals surface area contributed by atoms with Crippen LogP contribution >= 0.6 is 15.9 Å². The van der Waals surface area contributed by atoms with Crippen molar-refractivity contribution in [1.29, 1.82) is 0 Å². The Morgan fingerprint density at radius 1 is 1.19 bits per heavy atom. The van der Waals surface area contributed by atoms with E-state index in [1.807, 2.05) is 6.92 Å². The van der Waals surface area contributed by atoms with E-state index in [0.717, 1.165) is 23.0 Å². The number of benzene rings is 2. The number of nitrogens with zero attached hydrogens (tertiary/aromatic N) is 1. The summed E-state index contributed by atoms with van der Waals surface area (Å²) in [6.45, 7) is 5.38. The molecule has 2 aromatic carbocycles. The minimum atomic E-state index is 0.0583. The van der Waals surface area contributed by atoms with Crippen LogP contribution in [0.5, 0.6) is 0 Å². The highest BCUT2D eigenvalue weighted by Crippen LogP contribution is 2.39. The van der Waals surface area contributed by atoms with Crippen LogP contribution in [0.25, 0.3) is 0 Å². The fourth-order valence-corrected chi connectivity index (χ4v) is 3.66. The fraction of sp³-hybridized carbons (Fsp3) is 0.333. The summed E-state index contributed by atoms with van der Waals surface area (Å²) >= 11 is 3.73. The van der Waals surface area contributed by atoms with Gasteiger partial charge in [-0.2, -0.15) is 0 Å². The molecule has 2 N–H and O–H groups in total. The first kappa shape index (κ1) is 14.6. The molecular weight excluding hydrogens is 324 g/mol. The molecule has 1 heterocycles. The molecule has 1 aliphatic rings. The Bertz CT molecular complexity index is 651. The molecule has 0 saturated carbocycles. The topological polar surface area (TPSA) is 29.3 Å². The van der Waals surface area contributed by atoms with Gasteiger partial charge in [-0.25, -0.2) is 0 Å². The highest BCUT2D eigenvalue weighted by molar-refractivity contribution is 9.10. The molecule has 0 fully saturated rings. The van der Waals surface area contributed by atoms with Gasteiger partial charge in [0, 0.05) is 22.7 Å². The van der Waals surface area contributed by atoms with Gasteiger partial charge in [0.15, 0.2) is 0 Å². The fourth-order valence-electron chi connectivity index (χ4n) is 3.05. The van der Waals surface area contributed by atoms with Gasteiger partial charge < -0.3 is 10.6 Å². The lowest BCUT2D eigenvalue weighted by Crippen LogP contribution is -2.30. The number of hydrogen-bond donors (Lipinski definition) is 1. The zero-order chi connectivity index (χ0) is 15.0. The second-order valence-corrected chi connectivity index (χ2v) is 6.90. The van der Waals surface area contributed by atoms with Gasteiger partial charge in [0.2, 0.25) is 0 Å². The van der Waals surface area contributed by atoms with Crippen molar-refractivity contribution in [3.8, 4) is 0 Å². The lowest BCUT2D eigenvalue weighted by molar-refractivity contribution is 0.562. The molecule has 1 aliphatic heterocycles. The molecule has 0 radical (unpaired) electrons. The summed E-state index contributed by atoms with van der Waals surface area (Å²) in [5.41, 5.74) is 11.1. The maximum absolute atomic E-state index is 5.98. The van der Waals surface area contributed by atoms with Gasteiger partial charge in [-0.05, 0) is 64.5 Å². The Morgan fingerprint density at radius 3 is 2.67 bits per heavy atom. The van der Waals surface area contributed by atoms with Crippen molar-refractivity contribution in [3.63, 3.8) is 0 Å². The summed E-state index contributed by atoms with van der Waals surface area (Å²) in [5, 5.41) is 0. The zero-order valence-electron chi connectivity index (χ0n) is 12.5. The van der Waals surface area contributed by atoms with Gasteiger partial charge in [0.05, 0.1) is 5.69 Å². The van der Waals surface area contributed by atoms with E-state index in [-0.39, 0.29) is 6.04 Å². The van der Waals surface area contributed by atoms with Gasteiger partial charge in [-0.3, -0.25) is 0 Å². The van der Waals surface area contributed by atoms with E-state index >= 15 is 0 Å². The van der Waals surface area contributed by atoms with Gasteiger partial charge in [-0.15, -0.1) is 0 Å². The standard InChI is InChI=1S/C18H21BrN2/c1-12-9-15-5-3-4-6-17(15)21(11-12)18-8-7-14(13(2)20)10-16(18)19/h3-8,10,12-13H,9,11,20H2,1-2H3. The normalized spacial score (nSPS) is 19.2. The van der Waals surface area contributed by atoms with Gasteiger partial charge in [-0.1, -0.05) is 31.2 Å². The van der Waals surface area contributed by atoms with Crippen molar-refractivity contribution in [2.45, 2.75) is 26.3 Å². The first-order valence-electron chi connectivity index (χ1n) is 7.46. The van der Waals surface area contributed by atoms with E-state index in [1.165, 1.54) is 16.9 Å². The minimum absolute atomic E-state index is 0.0583. The van der Waals surface area contributed by atoms with Crippen LogP contribution in [0.2, 0.25) is 0 Å². The van der Waals surface area contributed by atoms with Gasteiger partial charge in [0.1, 0.15) is 0 Å². The summed E-state index contributed by atoms with van der Waals surface area (Å²) in [4.78, 5) is 2.42. The molecule has 2 nitrogen and oxygen atoms in total. The Morgan fingerprint density at radius 2 is 1.95 bits per heavy atom. The van der Waals surface area contributed by atoms with Gasteiger partial charge in [0.25, 0.3) is 0 Å². The average molecular weight is 345 g/mol. The summed E-state index contributed by atoms with van der Waals surface area (Å²) in [5.74, 6) is 0.653. The van der Waals surface area contributed by atoms with E-state index in [2.05, 4.69) is 70.2 Å². The van der Waals surface area contributed by atoms with Crippen molar-refractivity contribution in [2.24, 2.45) is 11.7 Å². The number of anilines is 2. The summed E-state index contributed by atoms with van der Waals surface area (Å²) in [6.07, 6.45) is 1.15. The number of fused-ring (bicyclic) bond motifs is 1. The average Bonchev–Trinajstić information content (AvgIpc) is 2.46. The van der Waals surface area contributed by atoms with Crippen LogP contribution < -0.4 is 10.6 Å². The van der Waals surface area contributed by atoms with E-state index in [1.54, 1.807) is 0 Å². The molecule has 0 aromatic heterocycles. The smallest absolute Gasteiger partial charge is 0.0555 e. The Kier molecular flexibility index (Phi) is 4.05. The van der Waals surface area contributed by atoms with Crippen LogP contribution in [0.3, 0.4) is 0 Å². The summed E-state index contributed by atoms with van der Waals surface area (Å²) in [7, 11) is 0. The second-order valence-electron chi connectivity index (χ2n) is 6.05. The second kappa shape index (κ2) is 5.82. The Hall–Kier alpha value is -1.32. The number of halogens is 1. The van der Waals surface area contributed by atoms with Crippen LogP contribution in [0.15, 0.2) is 46.9 Å². The quantitative estimate of drug-likeness (QED) is 0.847. The molecule has 3 rings (SSSR count). The highest BCUT2D eigenvalue weighted by Gasteiger charge is 2.23. The summed E-state index contributed by atoms with van der Waals surface area (Å²) in [6, 6.07) is 15.2. The molecule has 0 amide bonds. The molecule has 21 heavy (non-hydrogen) atoms.